The number of esters is 1. The largest absolute Gasteiger partial charge is 0.497 e. The fourth-order valence-electron chi connectivity index (χ4n) is 6.26. The number of carbonyl (C=O) groups is 1. The summed E-state index contributed by atoms with van der Waals surface area (Å²) in [4.78, 5) is 18.9. The van der Waals surface area contributed by atoms with Crippen LogP contribution in [0.15, 0.2) is 24.0 Å². The van der Waals surface area contributed by atoms with E-state index in [-0.39, 0.29) is 24.0 Å². The van der Waals surface area contributed by atoms with Crippen molar-refractivity contribution >= 4 is 16.9 Å². The lowest BCUT2D eigenvalue weighted by atomic mass is 9.72. The number of hydrogen-bond acceptors (Lipinski definition) is 5. The number of rotatable bonds is 6. The van der Waals surface area contributed by atoms with Gasteiger partial charge in [0.05, 0.1) is 38.2 Å². The van der Waals surface area contributed by atoms with Crippen LogP contribution < -0.4 is 4.74 Å². The predicted molar refractivity (Wildman–Crippen MR) is 128 cm³/mol. The smallest absolute Gasteiger partial charge is 0.337 e. The molecule has 6 heteroatoms. The fraction of sp³-hybridized carbons (Fsp3) is 0.593. The Kier molecular flexibility index (Phi) is 6.12. The normalized spacial score (nSPS) is 26.6. The highest BCUT2D eigenvalue weighted by molar-refractivity contribution is 5.89. The Hall–Kier alpha value is -2.47. The third kappa shape index (κ3) is 3.82. The van der Waals surface area contributed by atoms with Crippen LogP contribution in [0, 0.1) is 11.8 Å². The molecule has 0 radical (unpaired) electrons. The lowest BCUT2D eigenvalue weighted by molar-refractivity contribution is -0.139. The number of fused-ring (bicyclic) bond motifs is 6. The molecule has 3 aliphatic rings. The van der Waals surface area contributed by atoms with E-state index in [1.807, 2.05) is 0 Å². The summed E-state index contributed by atoms with van der Waals surface area (Å²) in [7, 11) is 3.23. The van der Waals surface area contributed by atoms with Gasteiger partial charge in [0.2, 0.25) is 0 Å². The van der Waals surface area contributed by atoms with Crippen molar-refractivity contribution in [2.45, 2.75) is 64.5 Å². The van der Waals surface area contributed by atoms with Gasteiger partial charge in [-0.25, -0.2) is 4.79 Å². The van der Waals surface area contributed by atoms with Gasteiger partial charge in [-0.15, -0.1) is 0 Å². The van der Waals surface area contributed by atoms with Crippen molar-refractivity contribution < 1.29 is 19.0 Å². The average Bonchev–Trinajstić information content (AvgIpc) is 3.20. The van der Waals surface area contributed by atoms with Crippen molar-refractivity contribution in [3.05, 3.63) is 40.8 Å². The Bertz CT molecular complexity index is 1070. The van der Waals surface area contributed by atoms with E-state index in [1.54, 1.807) is 13.4 Å². The van der Waals surface area contributed by atoms with E-state index in [9.17, 15) is 4.79 Å². The zero-order valence-electron chi connectivity index (χ0n) is 20.3. The van der Waals surface area contributed by atoms with E-state index in [2.05, 4.69) is 35.9 Å². The molecule has 0 saturated carbocycles. The molecule has 1 fully saturated rings. The second kappa shape index (κ2) is 9.05. The first-order valence-corrected chi connectivity index (χ1v) is 12.4. The van der Waals surface area contributed by atoms with Crippen LogP contribution in [0.4, 0.5) is 0 Å². The minimum Gasteiger partial charge on any atom is -0.497 e. The molecule has 33 heavy (non-hydrogen) atoms. The highest BCUT2D eigenvalue weighted by Gasteiger charge is 2.47. The topological polar surface area (TPSA) is 63.8 Å². The molecule has 6 nitrogen and oxygen atoms in total. The molecule has 1 N–H and O–H groups in total. The third-order valence-corrected chi connectivity index (χ3v) is 8.09. The van der Waals surface area contributed by atoms with Gasteiger partial charge >= 0.3 is 5.97 Å². The molecule has 178 valence electrons. The number of carbonyl (C=O) groups excluding carboxylic acids is 1. The molecule has 5 rings (SSSR count). The van der Waals surface area contributed by atoms with Crippen molar-refractivity contribution in [3.63, 3.8) is 0 Å². The molecule has 0 aliphatic carbocycles. The fourth-order valence-corrected chi connectivity index (χ4v) is 6.26. The van der Waals surface area contributed by atoms with Crippen LogP contribution in [0.5, 0.6) is 5.75 Å². The summed E-state index contributed by atoms with van der Waals surface area (Å²) in [6.45, 7) is 6.32. The van der Waals surface area contributed by atoms with Crippen molar-refractivity contribution in [2.24, 2.45) is 11.8 Å². The van der Waals surface area contributed by atoms with Crippen molar-refractivity contribution in [1.29, 1.82) is 0 Å². The lowest BCUT2D eigenvalue weighted by Gasteiger charge is -2.49. The number of aromatic nitrogens is 1. The minimum atomic E-state index is -0.264. The maximum Gasteiger partial charge on any atom is 0.337 e. The highest BCUT2D eigenvalue weighted by Crippen LogP contribution is 2.48. The van der Waals surface area contributed by atoms with Crippen molar-refractivity contribution in [3.8, 4) is 5.75 Å². The number of aromatic amines is 1. The van der Waals surface area contributed by atoms with Gasteiger partial charge in [0, 0.05) is 41.5 Å². The van der Waals surface area contributed by atoms with E-state index >= 15 is 0 Å². The first kappa shape index (κ1) is 22.3. The Morgan fingerprint density at radius 2 is 2.12 bits per heavy atom. The highest BCUT2D eigenvalue weighted by atomic mass is 16.5. The number of benzene rings is 1. The van der Waals surface area contributed by atoms with Crippen molar-refractivity contribution in [1.82, 2.24) is 9.88 Å². The van der Waals surface area contributed by atoms with Gasteiger partial charge in [-0.1, -0.05) is 19.8 Å². The minimum absolute atomic E-state index is 0.100. The number of hydrogen-bond donors (Lipinski definition) is 1. The first-order valence-electron chi connectivity index (χ1n) is 12.4. The molecule has 4 unspecified atom stereocenters. The van der Waals surface area contributed by atoms with Gasteiger partial charge in [0.25, 0.3) is 0 Å². The number of H-pyrrole nitrogens is 1. The zero-order chi connectivity index (χ0) is 23.1. The summed E-state index contributed by atoms with van der Waals surface area (Å²) in [5.41, 5.74) is 5.90. The summed E-state index contributed by atoms with van der Waals surface area (Å²) in [6, 6.07) is 4.81. The van der Waals surface area contributed by atoms with Gasteiger partial charge in [0.1, 0.15) is 5.75 Å². The summed E-state index contributed by atoms with van der Waals surface area (Å²) in [6.07, 6.45) is 8.35. The summed E-state index contributed by atoms with van der Waals surface area (Å²) < 4.78 is 16.7. The second-order valence-corrected chi connectivity index (χ2v) is 9.86. The van der Waals surface area contributed by atoms with Gasteiger partial charge in [-0.3, -0.25) is 4.90 Å². The molecule has 4 atom stereocenters. The van der Waals surface area contributed by atoms with E-state index in [4.69, 9.17) is 14.2 Å². The number of ether oxygens (including phenoxy) is 3. The quantitative estimate of drug-likeness (QED) is 0.498. The van der Waals surface area contributed by atoms with E-state index in [0.717, 1.165) is 38.1 Å². The number of piperidine rings is 1. The number of aryl methyl sites for hydroxylation is 1. The third-order valence-electron chi connectivity index (χ3n) is 8.09. The van der Waals surface area contributed by atoms with Crippen LogP contribution in [0.25, 0.3) is 10.9 Å². The Morgan fingerprint density at radius 1 is 1.27 bits per heavy atom. The molecule has 0 spiro atoms. The Morgan fingerprint density at radius 3 is 2.88 bits per heavy atom. The Balaban J connectivity index is 1.50. The number of nitrogens with one attached hydrogen (secondary N) is 1. The maximum absolute atomic E-state index is 12.5. The molecule has 1 saturated heterocycles. The van der Waals surface area contributed by atoms with Crippen LogP contribution in [0.3, 0.4) is 0 Å². The summed E-state index contributed by atoms with van der Waals surface area (Å²) in [5, 5.41) is 1.28. The standard InChI is InChI=1S/C27H36N2O4/c1-5-6-7-8-17-11-23-20(13-25(17)31-3)18-9-10-29-14-21-16(2)33-15-22(27(30)32-4)19(21)12-24(29)26(18)28-23/h11,13,15-16,19,21,24,28H,5-10,12,14H2,1-4H3. The molecule has 0 amide bonds. The van der Waals surface area contributed by atoms with Crippen LogP contribution in [-0.4, -0.2) is 49.3 Å². The SMILES string of the molecule is CCCCCc1cc2[nH]c3c(c2cc1OC)CCN1CC2C(C)OC=C(C(=O)OC)C2CC31. The van der Waals surface area contributed by atoms with Crippen LogP contribution in [0.2, 0.25) is 0 Å². The summed E-state index contributed by atoms with van der Waals surface area (Å²) >= 11 is 0. The molecule has 0 bridgehead atoms. The van der Waals surface area contributed by atoms with Crippen LogP contribution >= 0.6 is 0 Å². The van der Waals surface area contributed by atoms with E-state index < -0.39 is 0 Å². The maximum atomic E-state index is 12.5. The van der Waals surface area contributed by atoms with Gasteiger partial charge in [0.15, 0.2) is 0 Å². The van der Waals surface area contributed by atoms with Gasteiger partial charge in [-0.05, 0) is 55.9 Å². The molecule has 2 aromatic rings. The predicted octanol–water partition coefficient (Wildman–Crippen LogP) is 4.92. The van der Waals surface area contributed by atoms with E-state index in [1.165, 1.54) is 54.1 Å². The van der Waals surface area contributed by atoms with Crippen LogP contribution in [-0.2, 0) is 27.1 Å². The number of unbranched alkanes of at least 4 members (excludes halogenated alkanes) is 2. The monoisotopic (exact) mass is 452 g/mol. The molecular weight excluding hydrogens is 416 g/mol. The molecule has 1 aromatic heterocycles. The second-order valence-electron chi connectivity index (χ2n) is 9.86. The van der Waals surface area contributed by atoms with Gasteiger partial charge < -0.3 is 19.2 Å². The summed E-state index contributed by atoms with van der Waals surface area (Å²) in [5.74, 6) is 1.19. The van der Waals surface area contributed by atoms with Crippen molar-refractivity contribution in [2.75, 3.05) is 27.3 Å². The number of methoxy groups -OCH3 is 2. The first-order chi connectivity index (χ1) is 16.0. The Labute approximate surface area is 196 Å². The average molecular weight is 453 g/mol. The molecule has 1 aromatic carbocycles. The molecule has 3 aliphatic heterocycles. The zero-order valence-corrected chi connectivity index (χ0v) is 20.3. The van der Waals surface area contributed by atoms with Crippen LogP contribution in [0.1, 0.15) is 62.4 Å². The van der Waals surface area contributed by atoms with E-state index in [0.29, 0.717) is 11.5 Å². The molecule has 4 heterocycles. The lowest BCUT2D eigenvalue weighted by Crippen LogP contribution is -2.51. The number of nitrogens with zero attached hydrogens (tertiary/aromatic N) is 1. The van der Waals surface area contributed by atoms with Gasteiger partial charge in [-0.2, -0.15) is 0 Å². The molecular formula is C27H36N2O4.